The minimum atomic E-state index is -0.114. The first-order valence-corrected chi connectivity index (χ1v) is 10.6. The maximum absolute atomic E-state index is 12.5. The van der Waals surface area contributed by atoms with Gasteiger partial charge < -0.3 is 20.9 Å². The van der Waals surface area contributed by atoms with Crippen LogP contribution >= 0.6 is 0 Å². The molecule has 31 heavy (non-hydrogen) atoms. The van der Waals surface area contributed by atoms with Gasteiger partial charge in [-0.05, 0) is 43.5 Å². The van der Waals surface area contributed by atoms with Crippen molar-refractivity contribution < 1.29 is 9.59 Å². The summed E-state index contributed by atoms with van der Waals surface area (Å²) in [6, 6.07) is 14.1. The highest BCUT2D eigenvalue weighted by Crippen LogP contribution is 2.10. The molecule has 164 valence electrons. The molecule has 1 aliphatic heterocycles. The highest BCUT2D eigenvalue weighted by Gasteiger charge is 2.22. The van der Waals surface area contributed by atoms with Crippen molar-refractivity contribution >= 4 is 17.8 Å². The lowest BCUT2D eigenvalue weighted by Crippen LogP contribution is -2.49. The van der Waals surface area contributed by atoms with Gasteiger partial charge in [-0.2, -0.15) is 0 Å². The predicted molar refractivity (Wildman–Crippen MR) is 123 cm³/mol. The second kappa shape index (κ2) is 10.6. The van der Waals surface area contributed by atoms with E-state index in [0.29, 0.717) is 25.2 Å². The summed E-state index contributed by atoms with van der Waals surface area (Å²) >= 11 is 0. The molecule has 2 aromatic carbocycles. The normalized spacial score (nSPS) is 14.2. The van der Waals surface area contributed by atoms with Crippen LogP contribution in [0, 0.1) is 13.8 Å². The topological polar surface area (TPSA) is 85.8 Å². The van der Waals surface area contributed by atoms with Crippen LogP contribution in [0.4, 0.5) is 0 Å². The first kappa shape index (κ1) is 22.3. The lowest BCUT2D eigenvalue weighted by atomic mass is 10.1. The number of hydrogen-bond donors (Lipinski definition) is 3. The molecule has 1 aliphatic rings. The van der Waals surface area contributed by atoms with Gasteiger partial charge in [0.2, 0.25) is 5.91 Å². The molecule has 0 bridgehead atoms. The third kappa shape index (κ3) is 6.57. The predicted octanol–water partition coefficient (Wildman–Crippen LogP) is 1.78. The van der Waals surface area contributed by atoms with Crippen molar-refractivity contribution in [3.8, 4) is 0 Å². The van der Waals surface area contributed by atoms with E-state index in [9.17, 15) is 9.59 Å². The molecule has 0 unspecified atom stereocenters. The van der Waals surface area contributed by atoms with E-state index in [0.717, 1.165) is 24.5 Å². The number of guanidine groups is 1. The monoisotopic (exact) mass is 421 g/mol. The van der Waals surface area contributed by atoms with Crippen molar-refractivity contribution in [3.05, 3.63) is 70.3 Å². The first-order chi connectivity index (χ1) is 14.9. The average Bonchev–Trinajstić information content (AvgIpc) is 2.75. The molecule has 0 radical (unpaired) electrons. The maximum Gasteiger partial charge on any atom is 0.254 e. The number of benzene rings is 2. The molecule has 0 aromatic heterocycles. The van der Waals surface area contributed by atoms with Crippen molar-refractivity contribution in [3.63, 3.8) is 0 Å². The van der Waals surface area contributed by atoms with Crippen LogP contribution in [-0.4, -0.2) is 55.9 Å². The molecule has 1 heterocycles. The minimum absolute atomic E-state index is 0.113. The number of hydrogen-bond acceptors (Lipinski definition) is 3. The van der Waals surface area contributed by atoms with Crippen molar-refractivity contribution in [2.45, 2.75) is 26.8 Å². The zero-order chi connectivity index (χ0) is 22.2. The standard InChI is InChI=1S/C24H31N5O2/c1-17-12-18(2)14-20(13-17)8-9-27-24(25-3)28-15-19-4-6-21(7-5-19)23(31)29-11-10-26-22(30)16-29/h4-7,12-14H,8-11,15-16H2,1-3H3,(H,26,30)(H2,25,27,28). The van der Waals surface area contributed by atoms with Crippen molar-refractivity contribution in [2.75, 3.05) is 33.2 Å². The molecule has 2 amide bonds. The molecular formula is C24H31N5O2. The van der Waals surface area contributed by atoms with E-state index in [2.05, 4.69) is 53.0 Å². The van der Waals surface area contributed by atoms with E-state index in [1.807, 2.05) is 24.3 Å². The van der Waals surface area contributed by atoms with Crippen molar-refractivity contribution in [2.24, 2.45) is 4.99 Å². The van der Waals surface area contributed by atoms with E-state index < -0.39 is 0 Å². The zero-order valence-electron chi connectivity index (χ0n) is 18.5. The number of carbonyl (C=O) groups excluding carboxylic acids is 2. The van der Waals surface area contributed by atoms with Gasteiger partial charge in [0.1, 0.15) is 0 Å². The lowest BCUT2D eigenvalue weighted by molar-refractivity contribution is -0.123. The van der Waals surface area contributed by atoms with Crippen LogP contribution in [0.25, 0.3) is 0 Å². The fraction of sp³-hybridized carbons (Fsp3) is 0.375. The Morgan fingerprint density at radius 2 is 1.77 bits per heavy atom. The Morgan fingerprint density at radius 1 is 1.06 bits per heavy atom. The van der Waals surface area contributed by atoms with Crippen molar-refractivity contribution in [1.29, 1.82) is 0 Å². The van der Waals surface area contributed by atoms with Crippen LogP contribution < -0.4 is 16.0 Å². The van der Waals surface area contributed by atoms with Crippen LogP contribution in [0.15, 0.2) is 47.5 Å². The molecule has 0 saturated carbocycles. The largest absolute Gasteiger partial charge is 0.356 e. The molecule has 7 nitrogen and oxygen atoms in total. The third-order valence-electron chi connectivity index (χ3n) is 5.20. The highest BCUT2D eigenvalue weighted by atomic mass is 16.2. The van der Waals surface area contributed by atoms with Crippen LogP contribution in [0.2, 0.25) is 0 Å². The van der Waals surface area contributed by atoms with Crippen LogP contribution in [0.5, 0.6) is 0 Å². The number of aryl methyl sites for hydroxylation is 2. The molecule has 0 spiro atoms. The minimum Gasteiger partial charge on any atom is -0.356 e. The van der Waals surface area contributed by atoms with Gasteiger partial charge in [0.05, 0.1) is 6.54 Å². The lowest BCUT2D eigenvalue weighted by Gasteiger charge is -2.26. The smallest absolute Gasteiger partial charge is 0.254 e. The fourth-order valence-corrected chi connectivity index (χ4v) is 3.70. The number of piperazine rings is 1. The summed E-state index contributed by atoms with van der Waals surface area (Å²) in [6.07, 6.45) is 0.925. The van der Waals surface area contributed by atoms with Crippen LogP contribution in [0.1, 0.15) is 32.6 Å². The quantitative estimate of drug-likeness (QED) is 0.490. The van der Waals surface area contributed by atoms with Crippen LogP contribution in [0.3, 0.4) is 0 Å². The fourth-order valence-electron chi connectivity index (χ4n) is 3.70. The molecule has 0 atom stereocenters. The second-order valence-electron chi connectivity index (χ2n) is 7.87. The third-order valence-corrected chi connectivity index (χ3v) is 5.20. The maximum atomic E-state index is 12.5. The first-order valence-electron chi connectivity index (χ1n) is 10.6. The van der Waals surface area contributed by atoms with Crippen molar-refractivity contribution in [1.82, 2.24) is 20.9 Å². The molecule has 7 heteroatoms. The van der Waals surface area contributed by atoms with E-state index in [4.69, 9.17) is 0 Å². The Hall–Kier alpha value is -3.35. The Kier molecular flexibility index (Phi) is 7.65. The van der Waals surface area contributed by atoms with Gasteiger partial charge in [-0.1, -0.05) is 41.5 Å². The van der Waals surface area contributed by atoms with Gasteiger partial charge >= 0.3 is 0 Å². The van der Waals surface area contributed by atoms with E-state index in [1.165, 1.54) is 16.7 Å². The summed E-state index contributed by atoms with van der Waals surface area (Å²) in [5.41, 5.74) is 5.51. The summed E-state index contributed by atoms with van der Waals surface area (Å²) in [6.45, 7) is 6.79. The summed E-state index contributed by atoms with van der Waals surface area (Å²) in [4.78, 5) is 29.9. The second-order valence-corrected chi connectivity index (χ2v) is 7.87. The number of rotatable bonds is 6. The molecule has 1 fully saturated rings. The van der Waals surface area contributed by atoms with E-state index in [-0.39, 0.29) is 18.4 Å². The molecule has 0 aliphatic carbocycles. The summed E-state index contributed by atoms with van der Waals surface area (Å²) in [7, 11) is 1.75. The summed E-state index contributed by atoms with van der Waals surface area (Å²) < 4.78 is 0. The molecular weight excluding hydrogens is 390 g/mol. The van der Waals surface area contributed by atoms with Gasteiger partial charge in [-0.15, -0.1) is 0 Å². The molecule has 1 saturated heterocycles. The number of amides is 2. The Morgan fingerprint density at radius 3 is 2.42 bits per heavy atom. The summed E-state index contributed by atoms with van der Waals surface area (Å²) in [5, 5.41) is 9.38. The van der Waals surface area contributed by atoms with Crippen LogP contribution in [-0.2, 0) is 17.8 Å². The number of carbonyl (C=O) groups is 2. The average molecular weight is 422 g/mol. The number of nitrogens with one attached hydrogen (secondary N) is 3. The van der Waals surface area contributed by atoms with Gasteiger partial charge in [0.15, 0.2) is 5.96 Å². The zero-order valence-corrected chi connectivity index (χ0v) is 18.5. The Bertz CT molecular complexity index is 933. The number of aliphatic imine (C=N–C) groups is 1. The number of nitrogens with zero attached hydrogens (tertiary/aromatic N) is 2. The molecule has 3 N–H and O–H groups in total. The Balaban J connectivity index is 1.47. The summed E-state index contributed by atoms with van der Waals surface area (Å²) in [5.74, 6) is 0.513. The Labute approximate surface area is 183 Å². The SMILES string of the molecule is CN=C(NCCc1cc(C)cc(C)c1)NCc1ccc(C(=O)N2CCNC(=O)C2)cc1. The highest BCUT2D eigenvalue weighted by molar-refractivity contribution is 5.97. The molecule has 3 rings (SSSR count). The van der Waals surface area contributed by atoms with Gasteiger partial charge in [0, 0.05) is 38.8 Å². The van der Waals surface area contributed by atoms with Gasteiger partial charge in [-0.3, -0.25) is 14.6 Å². The van der Waals surface area contributed by atoms with E-state index >= 15 is 0 Å². The van der Waals surface area contributed by atoms with Gasteiger partial charge in [0.25, 0.3) is 5.91 Å². The van der Waals surface area contributed by atoms with Gasteiger partial charge in [-0.25, -0.2) is 0 Å². The van der Waals surface area contributed by atoms with E-state index in [1.54, 1.807) is 11.9 Å². The molecule has 2 aromatic rings.